The summed E-state index contributed by atoms with van der Waals surface area (Å²) in [5.74, 6) is -1.01. The van der Waals surface area contributed by atoms with Crippen LogP contribution in [0.1, 0.15) is 19.8 Å². The zero-order valence-electron chi connectivity index (χ0n) is 9.20. The summed E-state index contributed by atoms with van der Waals surface area (Å²) in [6.45, 7) is 4.07. The number of carbonyl (C=O) groups is 2. The molecule has 2 unspecified atom stereocenters. The highest BCUT2D eigenvalue weighted by atomic mass is 127. The first-order valence-electron chi connectivity index (χ1n) is 4.68. The van der Waals surface area contributed by atoms with Gasteiger partial charge in [-0.1, -0.05) is 0 Å². The van der Waals surface area contributed by atoms with E-state index in [0.29, 0.717) is 6.42 Å². The molecular formula is C8H17BIN2O3P. The van der Waals surface area contributed by atoms with Gasteiger partial charge in [-0.25, -0.2) is 0 Å². The van der Waals surface area contributed by atoms with Gasteiger partial charge in [0.05, 0.1) is 5.92 Å². The number of aliphatic hydroxyl groups excluding tert-OH is 1. The van der Waals surface area contributed by atoms with Gasteiger partial charge in [-0.15, -0.1) is 31.5 Å². The van der Waals surface area contributed by atoms with Crippen molar-refractivity contribution in [1.29, 1.82) is 5.41 Å². The third-order valence-electron chi connectivity index (χ3n) is 1.74. The van der Waals surface area contributed by atoms with Crippen LogP contribution < -0.4 is 5.23 Å². The molecule has 8 heteroatoms. The van der Waals surface area contributed by atoms with Crippen molar-refractivity contribution < 1.29 is 14.7 Å². The molecule has 92 valence electrons. The summed E-state index contributed by atoms with van der Waals surface area (Å²) < 4.78 is -0.0619. The molecule has 0 aromatic carbocycles. The van der Waals surface area contributed by atoms with Gasteiger partial charge in [0.25, 0.3) is 0 Å². The van der Waals surface area contributed by atoms with Gasteiger partial charge in [-0.05, 0) is 20.1 Å². The minimum absolute atomic E-state index is 0.0153. The Kier molecular flexibility index (Phi) is 13.2. The highest BCUT2D eigenvalue weighted by Gasteiger charge is 2.21. The van der Waals surface area contributed by atoms with Crippen molar-refractivity contribution in [3.05, 3.63) is 0 Å². The fourth-order valence-electron chi connectivity index (χ4n) is 0.877. The average Bonchev–Trinajstić information content (AvgIpc) is 2.26. The molecule has 0 rings (SSSR count). The first-order valence-corrected chi connectivity index (χ1v) is 6.59. The minimum Gasteiger partial charge on any atom is -0.396 e. The van der Waals surface area contributed by atoms with Crippen molar-refractivity contribution in [1.82, 2.24) is 5.23 Å². The lowest BCUT2D eigenvalue weighted by Gasteiger charge is -2.10. The van der Waals surface area contributed by atoms with Gasteiger partial charge in [0.15, 0.2) is 0 Å². The summed E-state index contributed by atoms with van der Waals surface area (Å²) in [6, 6.07) is 0. The lowest BCUT2D eigenvalue weighted by atomic mass is 10.0. The number of halogens is 1. The van der Waals surface area contributed by atoms with Gasteiger partial charge in [0.2, 0.25) is 5.91 Å². The maximum atomic E-state index is 11.3. The van der Waals surface area contributed by atoms with Crippen LogP contribution in [0, 0.1) is 11.3 Å². The molecule has 16 heavy (non-hydrogen) atoms. The molecule has 0 heterocycles. The first-order chi connectivity index (χ1) is 7.49. The van der Waals surface area contributed by atoms with Crippen molar-refractivity contribution in [3.63, 3.8) is 0 Å². The molecule has 0 radical (unpaired) electrons. The third-order valence-corrected chi connectivity index (χ3v) is 2.22. The Morgan fingerprint density at radius 1 is 1.62 bits per heavy atom. The van der Waals surface area contributed by atoms with Gasteiger partial charge in [-0.3, -0.25) is 9.59 Å². The number of amides is 1. The maximum absolute atomic E-state index is 11.3. The molecule has 1 amide bonds. The SMILES string of the molecule is C=N.CC(C(=O)CCCO)C(=O)NB(P)I. The minimum atomic E-state index is -0.626. The molecule has 2 atom stereocenters. The predicted octanol–water partition coefficient (Wildman–Crippen LogP) is 0.641. The van der Waals surface area contributed by atoms with Crippen LogP contribution in [0.25, 0.3) is 0 Å². The van der Waals surface area contributed by atoms with E-state index in [1.807, 2.05) is 22.4 Å². The molecule has 0 bridgehead atoms. The van der Waals surface area contributed by atoms with Gasteiger partial charge >= 0.3 is 4.42 Å². The number of aliphatic hydroxyl groups is 1. The molecule has 0 aliphatic carbocycles. The Bertz CT molecular complexity index is 231. The van der Waals surface area contributed by atoms with E-state index < -0.39 is 5.92 Å². The Hall–Kier alpha value is -0.00506. The number of carbonyl (C=O) groups excluding carboxylic acids is 2. The van der Waals surface area contributed by atoms with Crippen molar-refractivity contribution in [2.75, 3.05) is 6.61 Å². The van der Waals surface area contributed by atoms with E-state index in [4.69, 9.17) is 10.5 Å². The molecule has 0 fully saturated rings. The van der Waals surface area contributed by atoms with Crippen LogP contribution in [0.15, 0.2) is 0 Å². The summed E-state index contributed by atoms with van der Waals surface area (Å²) in [5.41, 5.74) is 0. The van der Waals surface area contributed by atoms with E-state index in [9.17, 15) is 9.59 Å². The zero-order valence-corrected chi connectivity index (χ0v) is 12.5. The highest BCUT2D eigenvalue weighted by molar-refractivity contribution is 14.1. The topological polar surface area (TPSA) is 90.2 Å². The number of hydrogen-bond acceptors (Lipinski definition) is 4. The van der Waals surface area contributed by atoms with E-state index in [1.165, 1.54) is 0 Å². The molecule has 0 spiro atoms. The van der Waals surface area contributed by atoms with Crippen molar-refractivity contribution in [2.24, 2.45) is 5.92 Å². The van der Waals surface area contributed by atoms with Crippen molar-refractivity contribution in [3.8, 4) is 0 Å². The summed E-state index contributed by atoms with van der Waals surface area (Å²) in [4.78, 5) is 22.7. The summed E-state index contributed by atoms with van der Waals surface area (Å²) in [5, 5.41) is 16.7. The van der Waals surface area contributed by atoms with Crippen LogP contribution in [-0.2, 0) is 9.59 Å². The van der Waals surface area contributed by atoms with Crippen molar-refractivity contribution in [2.45, 2.75) is 19.8 Å². The van der Waals surface area contributed by atoms with Crippen LogP contribution in [0.5, 0.6) is 0 Å². The molecule has 0 aliphatic heterocycles. The lowest BCUT2D eigenvalue weighted by molar-refractivity contribution is -0.132. The van der Waals surface area contributed by atoms with E-state index >= 15 is 0 Å². The van der Waals surface area contributed by atoms with Crippen LogP contribution in [0.2, 0.25) is 0 Å². The Morgan fingerprint density at radius 3 is 2.50 bits per heavy atom. The van der Waals surface area contributed by atoms with Crippen LogP contribution in [0.4, 0.5) is 0 Å². The standard InChI is InChI=1S/C7H14BINO3P.CH3N/c1-5(6(12)3-2-4-11)7(13)10-8(9)14;1-2/h5,11H,2-4,14H2,1H3,(H,10,13);2H,1H2. The summed E-state index contributed by atoms with van der Waals surface area (Å²) in [7, 11) is 2.42. The zero-order chi connectivity index (χ0) is 13.1. The number of nitrogens with one attached hydrogen (secondary N) is 2. The van der Waals surface area contributed by atoms with E-state index in [-0.39, 0.29) is 29.1 Å². The smallest absolute Gasteiger partial charge is 0.349 e. The molecule has 0 saturated heterocycles. The monoisotopic (exact) mass is 358 g/mol. The second kappa shape index (κ2) is 11.5. The van der Waals surface area contributed by atoms with Crippen LogP contribution in [-0.4, -0.2) is 34.5 Å². The second-order valence-electron chi connectivity index (χ2n) is 2.93. The van der Waals surface area contributed by atoms with E-state index in [2.05, 4.69) is 21.1 Å². The third kappa shape index (κ3) is 9.24. The largest absolute Gasteiger partial charge is 0.396 e. The maximum Gasteiger partial charge on any atom is 0.349 e. The highest BCUT2D eigenvalue weighted by Crippen LogP contribution is 2.06. The molecular weight excluding hydrogens is 341 g/mol. The fourth-order valence-corrected chi connectivity index (χ4v) is 1.35. The summed E-state index contributed by atoms with van der Waals surface area (Å²) >= 11 is 2.02. The molecule has 5 nitrogen and oxygen atoms in total. The van der Waals surface area contributed by atoms with Crippen LogP contribution >= 0.6 is 31.5 Å². The van der Waals surface area contributed by atoms with Gasteiger partial charge in [0, 0.05) is 13.0 Å². The number of ketones is 1. The number of hydrogen-bond donors (Lipinski definition) is 3. The van der Waals surface area contributed by atoms with E-state index in [0.717, 1.165) is 0 Å². The van der Waals surface area contributed by atoms with Gasteiger partial charge < -0.3 is 15.7 Å². The van der Waals surface area contributed by atoms with Gasteiger partial charge in [0.1, 0.15) is 5.78 Å². The normalized spacial score (nSPS) is 10.8. The number of rotatable bonds is 6. The van der Waals surface area contributed by atoms with Gasteiger partial charge in [-0.2, -0.15) is 0 Å². The first kappa shape index (κ1) is 18.4. The molecule has 0 aromatic rings. The Labute approximate surface area is 112 Å². The molecule has 0 aromatic heterocycles. The average molecular weight is 358 g/mol. The quantitative estimate of drug-likeness (QED) is 0.214. The summed E-state index contributed by atoms with van der Waals surface area (Å²) in [6.07, 6.45) is 0.679. The fraction of sp³-hybridized carbons (Fsp3) is 0.625. The van der Waals surface area contributed by atoms with Crippen LogP contribution in [0.3, 0.4) is 0 Å². The van der Waals surface area contributed by atoms with E-state index in [1.54, 1.807) is 6.92 Å². The molecule has 3 N–H and O–H groups in total. The number of Topliss-reactive ketones (excluding diaryl/α,β-unsaturated/α-hetero) is 1. The Balaban J connectivity index is 0. The predicted molar refractivity (Wildman–Crippen MR) is 78.0 cm³/mol. The van der Waals surface area contributed by atoms with Crippen molar-refractivity contribution >= 4 is 54.3 Å². The lowest BCUT2D eigenvalue weighted by Crippen LogP contribution is -2.37. The molecule has 0 saturated carbocycles. The molecule has 0 aliphatic rings. The Morgan fingerprint density at radius 2 is 2.12 bits per heavy atom. The second-order valence-corrected chi connectivity index (χ2v) is 6.29.